The molecule has 3 aromatic carbocycles. The van der Waals surface area contributed by atoms with Crippen LogP contribution in [0.4, 0.5) is 4.79 Å². The van der Waals surface area contributed by atoms with E-state index in [1.807, 2.05) is 48.5 Å². The molecule has 0 heterocycles. The predicted octanol–water partition coefficient (Wildman–Crippen LogP) is 5.48. The summed E-state index contributed by atoms with van der Waals surface area (Å²) < 4.78 is 11.0. The number of amides is 1. The molecule has 0 unspecified atom stereocenters. The van der Waals surface area contributed by atoms with Gasteiger partial charge in [-0.05, 0) is 60.7 Å². The Bertz CT molecular complexity index is 1150. The fraction of sp³-hybridized carbons (Fsp3) is 0.286. The summed E-state index contributed by atoms with van der Waals surface area (Å²) in [6.07, 6.45) is -0.420. The van der Waals surface area contributed by atoms with Gasteiger partial charge in [0.15, 0.2) is 0 Å². The van der Waals surface area contributed by atoms with Gasteiger partial charge >= 0.3 is 12.1 Å². The van der Waals surface area contributed by atoms with Crippen LogP contribution in [0.15, 0.2) is 72.8 Å². The molecule has 0 aliphatic heterocycles. The Morgan fingerprint density at radius 3 is 1.94 bits per heavy atom. The highest BCUT2D eigenvalue weighted by molar-refractivity contribution is 5.86. The molecule has 0 radical (unpaired) electrons. The highest BCUT2D eigenvalue weighted by Gasteiger charge is 2.43. The minimum Gasteiger partial charge on any atom is -0.508 e. The normalized spacial score (nSPS) is 13.5. The second-order valence-corrected chi connectivity index (χ2v) is 9.37. The third-order valence-corrected chi connectivity index (χ3v) is 5.84. The van der Waals surface area contributed by atoms with E-state index in [0.717, 1.165) is 27.8 Å². The van der Waals surface area contributed by atoms with Gasteiger partial charge in [-0.25, -0.2) is 9.59 Å². The van der Waals surface area contributed by atoms with E-state index in [-0.39, 0.29) is 12.2 Å². The lowest BCUT2D eigenvalue weighted by molar-refractivity contribution is -0.161. The number of carbonyl (C=O) groups is 2. The van der Waals surface area contributed by atoms with Crippen molar-refractivity contribution in [2.45, 2.75) is 44.9 Å². The van der Waals surface area contributed by atoms with Crippen LogP contribution in [-0.4, -0.2) is 40.8 Å². The van der Waals surface area contributed by atoms with Crippen molar-refractivity contribution < 1.29 is 24.2 Å². The second kappa shape index (κ2) is 9.21. The summed E-state index contributed by atoms with van der Waals surface area (Å²) in [7, 11) is 1.31. The van der Waals surface area contributed by atoms with Gasteiger partial charge in [-0.15, -0.1) is 0 Å². The van der Waals surface area contributed by atoms with E-state index in [1.165, 1.54) is 12.0 Å². The van der Waals surface area contributed by atoms with Crippen molar-refractivity contribution in [3.8, 4) is 16.9 Å². The Morgan fingerprint density at radius 1 is 0.912 bits per heavy atom. The smallest absolute Gasteiger partial charge is 0.411 e. The number of ether oxygens (including phenoxy) is 2. The van der Waals surface area contributed by atoms with Crippen molar-refractivity contribution in [1.82, 2.24) is 4.90 Å². The molecule has 0 saturated heterocycles. The molecule has 1 aliphatic carbocycles. The summed E-state index contributed by atoms with van der Waals surface area (Å²) in [6.45, 7) is 5.39. The van der Waals surface area contributed by atoms with Gasteiger partial charge < -0.3 is 14.6 Å². The fourth-order valence-corrected chi connectivity index (χ4v) is 4.47. The van der Waals surface area contributed by atoms with Gasteiger partial charge in [0.2, 0.25) is 0 Å². The van der Waals surface area contributed by atoms with Gasteiger partial charge in [0.25, 0.3) is 0 Å². The number of benzene rings is 3. The first kappa shape index (κ1) is 23.4. The third kappa shape index (κ3) is 4.62. The first-order chi connectivity index (χ1) is 16.2. The quantitative estimate of drug-likeness (QED) is 0.511. The van der Waals surface area contributed by atoms with Crippen LogP contribution < -0.4 is 0 Å². The Balaban J connectivity index is 1.85. The SMILES string of the molecule is COC(=O)N(C1c2ccccc2-c2ccccc21)[C@@H](Cc1ccc(O)cc1)C(=O)OC(C)(C)C. The van der Waals surface area contributed by atoms with Crippen molar-refractivity contribution in [3.63, 3.8) is 0 Å². The Labute approximate surface area is 199 Å². The van der Waals surface area contributed by atoms with Gasteiger partial charge in [-0.1, -0.05) is 60.7 Å². The largest absolute Gasteiger partial charge is 0.508 e. The molecule has 0 fully saturated rings. The van der Waals surface area contributed by atoms with Crippen molar-refractivity contribution in [2.75, 3.05) is 7.11 Å². The van der Waals surface area contributed by atoms with Crippen LogP contribution in [0.5, 0.6) is 5.75 Å². The molecule has 1 atom stereocenters. The number of hydrogen-bond acceptors (Lipinski definition) is 5. The molecular weight excluding hydrogens is 430 g/mol. The number of methoxy groups -OCH3 is 1. The number of hydrogen-bond donors (Lipinski definition) is 1. The zero-order valence-corrected chi connectivity index (χ0v) is 19.8. The lowest BCUT2D eigenvalue weighted by Crippen LogP contribution is -2.50. The molecule has 6 nitrogen and oxygen atoms in total. The van der Waals surface area contributed by atoms with Crippen LogP contribution in [0.25, 0.3) is 11.1 Å². The number of phenols is 1. The average Bonchev–Trinajstić information content (AvgIpc) is 3.13. The maximum atomic E-state index is 13.6. The molecule has 1 amide bonds. The van der Waals surface area contributed by atoms with Crippen LogP contribution in [0.3, 0.4) is 0 Å². The van der Waals surface area contributed by atoms with E-state index >= 15 is 0 Å². The molecule has 34 heavy (non-hydrogen) atoms. The van der Waals surface area contributed by atoms with Crippen molar-refractivity contribution in [3.05, 3.63) is 89.5 Å². The van der Waals surface area contributed by atoms with Crippen molar-refractivity contribution in [1.29, 1.82) is 0 Å². The summed E-state index contributed by atoms with van der Waals surface area (Å²) in [5.41, 5.74) is 3.93. The van der Waals surface area contributed by atoms with E-state index in [0.29, 0.717) is 0 Å². The number of esters is 1. The number of rotatable bonds is 5. The molecule has 0 spiro atoms. The molecule has 3 aromatic rings. The van der Waals surface area contributed by atoms with Gasteiger partial charge in [0, 0.05) is 6.42 Å². The van der Waals surface area contributed by atoms with Gasteiger partial charge in [0.05, 0.1) is 13.2 Å². The molecule has 1 N–H and O–H groups in total. The Morgan fingerprint density at radius 2 is 1.44 bits per heavy atom. The van der Waals surface area contributed by atoms with Crippen LogP contribution >= 0.6 is 0 Å². The van der Waals surface area contributed by atoms with Crippen molar-refractivity contribution >= 4 is 12.1 Å². The van der Waals surface area contributed by atoms with Gasteiger partial charge in [-0.3, -0.25) is 4.90 Å². The molecule has 0 saturated carbocycles. The monoisotopic (exact) mass is 459 g/mol. The number of fused-ring (bicyclic) bond motifs is 3. The Hall–Kier alpha value is -3.80. The fourth-order valence-electron chi connectivity index (χ4n) is 4.47. The zero-order valence-electron chi connectivity index (χ0n) is 19.8. The summed E-state index contributed by atoms with van der Waals surface area (Å²) in [5, 5.41) is 9.70. The van der Waals surface area contributed by atoms with Gasteiger partial charge in [-0.2, -0.15) is 0 Å². The third-order valence-electron chi connectivity index (χ3n) is 5.84. The van der Waals surface area contributed by atoms with Crippen LogP contribution in [0.2, 0.25) is 0 Å². The standard InChI is InChI=1S/C28H29NO5/c1-28(2,3)34-26(31)24(17-18-13-15-19(30)16-14-18)29(27(32)33-4)25-22-11-7-5-9-20(22)21-10-6-8-12-23(21)25/h5-16,24-25,30H,17H2,1-4H3/t24-/m0/s1. The second-order valence-electron chi connectivity index (χ2n) is 9.37. The highest BCUT2D eigenvalue weighted by Crippen LogP contribution is 2.47. The topological polar surface area (TPSA) is 76.1 Å². The van der Waals surface area contributed by atoms with E-state index in [4.69, 9.17) is 9.47 Å². The first-order valence-corrected chi connectivity index (χ1v) is 11.2. The Kier molecular flexibility index (Phi) is 6.33. The summed E-state index contributed by atoms with van der Waals surface area (Å²) in [6, 6.07) is 20.9. The summed E-state index contributed by atoms with van der Waals surface area (Å²) in [4.78, 5) is 28.4. The van der Waals surface area contributed by atoms with Crippen LogP contribution in [0, 0.1) is 0 Å². The maximum absolute atomic E-state index is 13.6. The highest BCUT2D eigenvalue weighted by atomic mass is 16.6. The summed E-state index contributed by atoms with van der Waals surface area (Å²) >= 11 is 0. The number of nitrogens with zero attached hydrogens (tertiary/aromatic N) is 1. The van der Waals surface area contributed by atoms with E-state index < -0.39 is 29.7 Å². The number of carbonyl (C=O) groups excluding carboxylic acids is 2. The maximum Gasteiger partial charge on any atom is 0.411 e. The van der Waals surface area contributed by atoms with Crippen molar-refractivity contribution in [2.24, 2.45) is 0 Å². The number of phenolic OH excluding ortho intramolecular Hbond substituents is 1. The minimum absolute atomic E-state index is 0.126. The van der Waals surface area contributed by atoms with Gasteiger partial charge in [0.1, 0.15) is 17.4 Å². The van der Waals surface area contributed by atoms with Crippen LogP contribution in [-0.2, 0) is 20.7 Å². The molecule has 1 aliphatic rings. The number of aromatic hydroxyl groups is 1. The van der Waals surface area contributed by atoms with E-state index in [9.17, 15) is 14.7 Å². The van der Waals surface area contributed by atoms with Crippen LogP contribution in [0.1, 0.15) is 43.5 Å². The first-order valence-electron chi connectivity index (χ1n) is 11.2. The lowest BCUT2D eigenvalue weighted by Gasteiger charge is -2.36. The molecule has 0 aromatic heterocycles. The molecule has 4 rings (SSSR count). The average molecular weight is 460 g/mol. The predicted molar refractivity (Wildman–Crippen MR) is 129 cm³/mol. The lowest BCUT2D eigenvalue weighted by atomic mass is 9.98. The molecular formula is C28H29NO5. The zero-order chi connectivity index (χ0) is 24.5. The molecule has 176 valence electrons. The summed E-state index contributed by atoms with van der Waals surface area (Å²) in [5.74, 6) is -0.395. The molecule has 0 bridgehead atoms. The van der Waals surface area contributed by atoms with E-state index in [1.54, 1.807) is 45.0 Å². The minimum atomic E-state index is -0.958. The van der Waals surface area contributed by atoms with E-state index in [2.05, 4.69) is 0 Å². The molecule has 6 heteroatoms.